The molecule has 0 amide bonds. The molecule has 1 fully saturated rings. The molecule has 0 atom stereocenters. The highest BCUT2D eigenvalue weighted by Gasteiger charge is 2.19. The van der Waals surface area contributed by atoms with Crippen LogP contribution in [0.15, 0.2) is 18.2 Å². The zero-order valence-electron chi connectivity index (χ0n) is 7.87. The summed E-state index contributed by atoms with van der Waals surface area (Å²) in [6, 6.07) is 3.74. The van der Waals surface area contributed by atoms with E-state index in [9.17, 15) is 9.18 Å². The van der Waals surface area contributed by atoms with Crippen molar-refractivity contribution in [2.45, 2.75) is 6.04 Å². The summed E-state index contributed by atoms with van der Waals surface area (Å²) in [6.07, 6.45) is 0. The Bertz CT molecular complexity index is 390. The molecule has 1 heterocycles. The molecule has 1 aliphatic rings. The molecule has 2 N–H and O–H groups in total. The van der Waals surface area contributed by atoms with Gasteiger partial charge in [-0.2, -0.15) is 0 Å². The molecule has 5 heteroatoms. The van der Waals surface area contributed by atoms with Gasteiger partial charge in [-0.25, -0.2) is 9.18 Å². The van der Waals surface area contributed by atoms with Gasteiger partial charge >= 0.3 is 5.97 Å². The van der Waals surface area contributed by atoms with Gasteiger partial charge < -0.3 is 15.2 Å². The van der Waals surface area contributed by atoms with E-state index in [1.807, 2.05) is 0 Å². The van der Waals surface area contributed by atoms with Gasteiger partial charge in [-0.3, -0.25) is 0 Å². The zero-order chi connectivity index (χ0) is 10.8. The Morgan fingerprint density at radius 1 is 1.53 bits per heavy atom. The Hall–Kier alpha value is -1.62. The summed E-state index contributed by atoms with van der Waals surface area (Å²) in [5.74, 6) is -1.52. The molecular weight excluding hydrogens is 201 g/mol. The number of hydrogen-bond donors (Lipinski definition) is 2. The van der Waals surface area contributed by atoms with Gasteiger partial charge in [0.25, 0.3) is 0 Å². The Morgan fingerprint density at radius 2 is 2.27 bits per heavy atom. The van der Waals surface area contributed by atoms with Crippen molar-refractivity contribution in [1.29, 1.82) is 0 Å². The highest BCUT2D eigenvalue weighted by atomic mass is 19.1. The lowest BCUT2D eigenvalue weighted by Crippen LogP contribution is -2.40. The van der Waals surface area contributed by atoms with Crippen molar-refractivity contribution in [1.82, 2.24) is 0 Å². The summed E-state index contributed by atoms with van der Waals surface area (Å²) in [5, 5.41) is 11.6. The predicted molar refractivity (Wildman–Crippen MR) is 51.6 cm³/mol. The van der Waals surface area contributed by atoms with Gasteiger partial charge in [0.05, 0.1) is 30.5 Å². The van der Waals surface area contributed by atoms with E-state index >= 15 is 0 Å². The van der Waals surface area contributed by atoms with E-state index in [2.05, 4.69) is 5.32 Å². The zero-order valence-corrected chi connectivity index (χ0v) is 7.87. The molecule has 80 valence electrons. The quantitative estimate of drug-likeness (QED) is 0.792. The molecule has 0 saturated carbocycles. The van der Waals surface area contributed by atoms with E-state index in [1.165, 1.54) is 12.1 Å². The van der Waals surface area contributed by atoms with Crippen LogP contribution in [0.2, 0.25) is 0 Å². The van der Waals surface area contributed by atoms with Crippen LogP contribution in [0, 0.1) is 5.82 Å². The third-order valence-corrected chi connectivity index (χ3v) is 2.21. The number of hydrogen-bond acceptors (Lipinski definition) is 3. The number of halogens is 1. The lowest BCUT2D eigenvalue weighted by Gasteiger charge is -2.28. The Kier molecular flexibility index (Phi) is 2.55. The molecule has 0 unspecified atom stereocenters. The van der Waals surface area contributed by atoms with Crippen molar-refractivity contribution in [3.8, 4) is 0 Å². The maximum absolute atomic E-state index is 13.3. The molecular formula is C10H10FNO3. The third kappa shape index (κ3) is 2.07. The van der Waals surface area contributed by atoms with Gasteiger partial charge in [0.15, 0.2) is 0 Å². The van der Waals surface area contributed by atoms with Crippen LogP contribution in [0.3, 0.4) is 0 Å². The smallest absolute Gasteiger partial charge is 0.335 e. The summed E-state index contributed by atoms with van der Waals surface area (Å²) in [6.45, 7) is 1.05. The van der Waals surface area contributed by atoms with Crippen LogP contribution in [-0.2, 0) is 4.74 Å². The topological polar surface area (TPSA) is 58.6 Å². The summed E-state index contributed by atoms with van der Waals surface area (Å²) in [5.41, 5.74) is 0.280. The number of aromatic carboxylic acids is 1. The predicted octanol–water partition coefficient (Wildman–Crippen LogP) is 1.33. The minimum atomic E-state index is -1.07. The van der Waals surface area contributed by atoms with Crippen LogP contribution in [-0.4, -0.2) is 30.3 Å². The van der Waals surface area contributed by atoms with E-state index in [0.717, 1.165) is 6.07 Å². The lowest BCUT2D eigenvalue weighted by molar-refractivity contribution is 0.0210. The van der Waals surface area contributed by atoms with Gasteiger partial charge in [0.1, 0.15) is 5.82 Å². The Labute approximate surface area is 85.7 Å². The number of carbonyl (C=O) groups is 1. The first-order valence-electron chi connectivity index (χ1n) is 4.54. The Morgan fingerprint density at radius 3 is 2.80 bits per heavy atom. The maximum Gasteiger partial charge on any atom is 0.335 e. The molecule has 15 heavy (non-hydrogen) atoms. The molecule has 4 nitrogen and oxygen atoms in total. The minimum absolute atomic E-state index is 0.0686. The van der Waals surface area contributed by atoms with Crippen LogP contribution in [0.4, 0.5) is 10.1 Å². The number of nitrogens with one attached hydrogen (secondary N) is 1. The van der Waals surface area contributed by atoms with E-state index in [4.69, 9.17) is 9.84 Å². The molecule has 0 radical (unpaired) electrons. The molecule has 2 rings (SSSR count). The van der Waals surface area contributed by atoms with Crippen molar-refractivity contribution in [2.75, 3.05) is 18.5 Å². The molecule has 1 saturated heterocycles. The average molecular weight is 211 g/mol. The van der Waals surface area contributed by atoms with Crippen LogP contribution in [0.1, 0.15) is 10.4 Å². The first-order chi connectivity index (χ1) is 7.16. The maximum atomic E-state index is 13.3. The van der Waals surface area contributed by atoms with Crippen LogP contribution < -0.4 is 5.32 Å². The number of carboxylic acids is 1. The van der Waals surface area contributed by atoms with E-state index < -0.39 is 11.8 Å². The standard InChI is InChI=1S/C10H10FNO3/c11-8-2-1-6(10(13)14)3-9(8)12-7-4-15-5-7/h1-3,7,12H,4-5H2,(H,13,14). The van der Waals surface area contributed by atoms with Crippen LogP contribution in [0.5, 0.6) is 0 Å². The number of anilines is 1. The molecule has 1 aliphatic heterocycles. The second-order valence-electron chi connectivity index (χ2n) is 3.38. The number of ether oxygens (including phenoxy) is 1. The highest BCUT2D eigenvalue weighted by Crippen LogP contribution is 2.19. The number of benzene rings is 1. The first kappa shape index (κ1) is 9.92. The SMILES string of the molecule is O=C(O)c1ccc(F)c(NC2COC2)c1. The van der Waals surface area contributed by atoms with Crippen LogP contribution in [0.25, 0.3) is 0 Å². The summed E-state index contributed by atoms with van der Waals surface area (Å²) >= 11 is 0. The van der Waals surface area contributed by atoms with E-state index in [-0.39, 0.29) is 17.3 Å². The van der Waals surface area contributed by atoms with Crippen molar-refractivity contribution >= 4 is 11.7 Å². The molecule has 1 aromatic carbocycles. The summed E-state index contributed by atoms with van der Waals surface area (Å²) in [4.78, 5) is 10.7. The minimum Gasteiger partial charge on any atom is -0.478 e. The molecule has 0 aliphatic carbocycles. The van der Waals surface area contributed by atoms with Gasteiger partial charge in [-0.15, -0.1) is 0 Å². The van der Waals surface area contributed by atoms with E-state index in [0.29, 0.717) is 13.2 Å². The van der Waals surface area contributed by atoms with Gasteiger partial charge in [-0.05, 0) is 18.2 Å². The second-order valence-corrected chi connectivity index (χ2v) is 3.38. The fourth-order valence-electron chi connectivity index (χ4n) is 1.31. The third-order valence-electron chi connectivity index (χ3n) is 2.21. The number of rotatable bonds is 3. The van der Waals surface area contributed by atoms with Crippen molar-refractivity contribution in [3.05, 3.63) is 29.6 Å². The van der Waals surface area contributed by atoms with E-state index in [1.54, 1.807) is 0 Å². The molecule has 0 spiro atoms. The lowest BCUT2D eigenvalue weighted by atomic mass is 10.1. The van der Waals surface area contributed by atoms with Gasteiger partial charge in [-0.1, -0.05) is 0 Å². The second kappa shape index (κ2) is 3.86. The van der Waals surface area contributed by atoms with Crippen molar-refractivity contribution in [2.24, 2.45) is 0 Å². The Balaban J connectivity index is 2.19. The fourth-order valence-corrected chi connectivity index (χ4v) is 1.31. The molecule has 0 bridgehead atoms. The normalized spacial score (nSPS) is 15.8. The van der Waals surface area contributed by atoms with Gasteiger partial charge in [0.2, 0.25) is 0 Å². The van der Waals surface area contributed by atoms with Crippen molar-refractivity contribution < 1.29 is 19.0 Å². The van der Waals surface area contributed by atoms with Crippen molar-refractivity contribution in [3.63, 3.8) is 0 Å². The number of carboxylic acid groups (broad SMARTS) is 1. The highest BCUT2D eigenvalue weighted by molar-refractivity contribution is 5.88. The fraction of sp³-hybridized carbons (Fsp3) is 0.300. The largest absolute Gasteiger partial charge is 0.478 e. The first-order valence-corrected chi connectivity index (χ1v) is 4.54. The van der Waals surface area contributed by atoms with Crippen LogP contribution >= 0.6 is 0 Å². The average Bonchev–Trinajstić information content (AvgIpc) is 2.13. The molecule has 0 aromatic heterocycles. The monoisotopic (exact) mass is 211 g/mol. The summed E-state index contributed by atoms with van der Waals surface area (Å²) in [7, 11) is 0. The molecule has 1 aromatic rings. The summed E-state index contributed by atoms with van der Waals surface area (Å²) < 4.78 is 18.2. The van der Waals surface area contributed by atoms with Gasteiger partial charge in [0, 0.05) is 0 Å².